The third-order valence-electron chi connectivity index (χ3n) is 5.67. The van der Waals surface area contributed by atoms with Gasteiger partial charge in [-0.2, -0.15) is 0 Å². The highest BCUT2D eigenvalue weighted by molar-refractivity contribution is 5.90. The van der Waals surface area contributed by atoms with Gasteiger partial charge in [0, 0.05) is 19.6 Å². The van der Waals surface area contributed by atoms with Crippen LogP contribution >= 0.6 is 0 Å². The standard InChI is InChI=1S/C25H28N2O2/c1-19-9-11-21(12-10-19)24(27-13-15-29-16-14-27)18-26-25(28)17-22-7-4-6-20-5-2-3-8-23(20)22/h2-12,24H,13-18H2,1H3,(H,26,28)/t24-/m0/s1. The molecule has 0 bridgehead atoms. The summed E-state index contributed by atoms with van der Waals surface area (Å²) in [4.78, 5) is 15.2. The molecule has 3 aromatic rings. The van der Waals surface area contributed by atoms with Crippen LogP contribution in [0.4, 0.5) is 0 Å². The molecule has 1 heterocycles. The molecule has 0 saturated carbocycles. The fourth-order valence-electron chi connectivity index (χ4n) is 4.03. The minimum Gasteiger partial charge on any atom is -0.379 e. The quantitative estimate of drug-likeness (QED) is 0.697. The summed E-state index contributed by atoms with van der Waals surface area (Å²) in [5.41, 5.74) is 3.55. The lowest BCUT2D eigenvalue weighted by Gasteiger charge is -2.35. The summed E-state index contributed by atoms with van der Waals surface area (Å²) in [6, 6.07) is 23.2. The largest absolute Gasteiger partial charge is 0.379 e. The van der Waals surface area contributed by atoms with Gasteiger partial charge in [-0.25, -0.2) is 0 Å². The van der Waals surface area contributed by atoms with Crippen LogP contribution in [0, 0.1) is 6.92 Å². The van der Waals surface area contributed by atoms with Crippen LogP contribution in [0.3, 0.4) is 0 Å². The van der Waals surface area contributed by atoms with Crippen LogP contribution in [0.2, 0.25) is 0 Å². The first kappa shape index (κ1) is 19.6. The van der Waals surface area contributed by atoms with E-state index in [4.69, 9.17) is 4.74 Å². The molecule has 1 atom stereocenters. The van der Waals surface area contributed by atoms with Crippen LogP contribution in [0.5, 0.6) is 0 Å². The van der Waals surface area contributed by atoms with Crippen molar-refractivity contribution in [3.8, 4) is 0 Å². The molecule has 0 radical (unpaired) electrons. The molecule has 150 valence electrons. The Morgan fingerprint density at radius 3 is 2.52 bits per heavy atom. The molecule has 1 aliphatic rings. The molecule has 4 nitrogen and oxygen atoms in total. The normalized spacial score (nSPS) is 15.9. The topological polar surface area (TPSA) is 41.6 Å². The van der Waals surface area contributed by atoms with Crippen LogP contribution < -0.4 is 5.32 Å². The van der Waals surface area contributed by atoms with E-state index >= 15 is 0 Å². The van der Waals surface area contributed by atoms with Crippen molar-refractivity contribution in [2.45, 2.75) is 19.4 Å². The number of hydrogen-bond donors (Lipinski definition) is 1. The summed E-state index contributed by atoms with van der Waals surface area (Å²) in [5.74, 6) is 0.0618. The van der Waals surface area contributed by atoms with Gasteiger partial charge in [-0.05, 0) is 28.8 Å². The Balaban J connectivity index is 1.46. The van der Waals surface area contributed by atoms with Gasteiger partial charge >= 0.3 is 0 Å². The Hall–Kier alpha value is -2.69. The number of carbonyl (C=O) groups excluding carboxylic acids is 1. The van der Waals surface area contributed by atoms with Gasteiger partial charge < -0.3 is 10.1 Å². The monoisotopic (exact) mass is 388 g/mol. The second kappa shape index (κ2) is 9.21. The fraction of sp³-hybridized carbons (Fsp3) is 0.320. The number of morpholine rings is 1. The lowest BCUT2D eigenvalue weighted by Crippen LogP contribution is -2.44. The average Bonchev–Trinajstić information content (AvgIpc) is 2.76. The Morgan fingerprint density at radius 1 is 1.00 bits per heavy atom. The number of fused-ring (bicyclic) bond motifs is 1. The molecule has 1 aliphatic heterocycles. The number of rotatable bonds is 6. The van der Waals surface area contributed by atoms with Gasteiger partial charge in [0.25, 0.3) is 0 Å². The first-order valence-electron chi connectivity index (χ1n) is 10.3. The lowest BCUT2D eigenvalue weighted by molar-refractivity contribution is -0.120. The number of aryl methyl sites for hydroxylation is 1. The zero-order chi connectivity index (χ0) is 20.1. The molecule has 3 aromatic carbocycles. The van der Waals surface area contributed by atoms with Crippen molar-refractivity contribution in [3.63, 3.8) is 0 Å². The summed E-state index contributed by atoms with van der Waals surface area (Å²) >= 11 is 0. The zero-order valence-electron chi connectivity index (χ0n) is 16.9. The fourth-order valence-corrected chi connectivity index (χ4v) is 4.03. The van der Waals surface area contributed by atoms with Crippen molar-refractivity contribution >= 4 is 16.7 Å². The highest BCUT2D eigenvalue weighted by Gasteiger charge is 2.23. The predicted molar refractivity (Wildman–Crippen MR) is 117 cm³/mol. The van der Waals surface area contributed by atoms with Crippen molar-refractivity contribution in [1.29, 1.82) is 0 Å². The molecule has 29 heavy (non-hydrogen) atoms. The molecule has 0 aliphatic carbocycles. The lowest BCUT2D eigenvalue weighted by atomic mass is 10.0. The molecule has 4 rings (SSSR count). The first-order valence-corrected chi connectivity index (χ1v) is 10.3. The van der Waals surface area contributed by atoms with Gasteiger partial charge in [-0.3, -0.25) is 9.69 Å². The summed E-state index contributed by atoms with van der Waals surface area (Å²) in [7, 11) is 0. The number of benzene rings is 3. The highest BCUT2D eigenvalue weighted by atomic mass is 16.5. The van der Waals surface area contributed by atoms with Crippen molar-refractivity contribution in [1.82, 2.24) is 10.2 Å². The second-order valence-corrected chi connectivity index (χ2v) is 7.69. The van der Waals surface area contributed by atoms with Gasteiger partial charge in [-0.1, -0.05) is 72.3 Å². The molecular weight excluding hydrogens is 360 g/mol. The molecule has 0 aromatic heterocycles. The summed E-state index contributed by atoms with van der Waals surface area (Å²) in [5, 5.41) is 5.50. The third-order valence-corrected chi connectivity index (χ3v) is 5.67. The Morgan fingerprint density at radius 2 is 1.72 bits per heavy atom. The van der Waals surface area contributed by atoms with E-state index in [1.807, 2.05) is 24.3 Å². The van der Waals surface area contributed by atoms with Gasteiger partial charge in [-0.15, -0.1) is 0 Å². The van der Waals surface area contributed by atoms with Crippen molar-refractivity contribution in [2.24, 2.45) is 0 Å². The number of nitrogens with zero attached hydrogens (tertiary/aromatic N) is 1. The van der Waals surface area contributed by atoms with Crippen molar-refractivity contribution in [2.75, 3.05) is 32.8 Å². The molecule has 0 spiro atoms. The summed E-state index contributed by atoms with van der Waals surface area (Å²) in [6.07, 6.45) is 0.394. The first-order chi connectivity index (χ1) is 14.2. The molecule has 1 N–H and O–H groups in total. The second-order valence-electron chi connectivity index (χ2n) is 7.69. The number of hydrogen-bond acceptors (Lipinski definition) is 3. The number of carbonyl (C=O) groups is 1. The van der Waals surface area contributed by atoms with E-state index in [0.717, 1.165) is 37.3 Å². The molecule has 0 unspecified atom stereocenters. The van der Waals surface area contributed by atoms with E-state index in [2.05, 4.69) is 59.6 Å². The SMILES string of the molecule is Cc1ccc([C@H](CNC(=O)Cc2cccc3ccccc23)N2CCOCC2)cc1. The zero-order valence-corrected chi connectivity index (χ0v) is 16.9. The van der Waals surface area contributed by atoms with Crippen LogP contribution in [0.25, 0.3) is 10.8 Å². The van der Waals surface area contributed by atoms with Crippen molar-refractivity contribution in [3.05, 3.63) is 83.4 Å². The summed E-state index contributed by atoms with van der Waals surface area (Å²) < 4.78 is 5.52. The Kier molecular flexibility index (Phi) is 6.23. The molecular formula is C25H28N2O2. The molecule has 1 amide bonds. The van der Waals surface area contributed by atoms with Crippen LogP contribution in [0.15, 0.2) is 66.7 Å². The van der Waals surface area contributed by atoms with Gasteiger partial charge in [0.2, 0.25) is 5.91 Å². The maximum Gasteiger partial charge on any atom is 0.224 e. The van der Waals surface area contributed by atoms with Gasteiger partial charge in [0.05, 0.1) is 25.7 Å². The smallest absolute Gasteiger partial charge is 0.224 e. The van der Waals surface area contributed by atoms with Crippen LogP contribution in [0.1, 0.15) is 22.7 Å². The Bertz CT molecular complexity index is 957. The molecule has 4 heteroatoms. The van der Waals surface area contributed by atoms with E-state index in [-0.39, 0.29) is 11.9 Å². The van der Waals surface area contributed by atoms with E-state index < -0.39 is 0 Å². The third kappa shape index (κ3) is 4.84. The molecule has 1 fully saturated rings. The maximum atomic E-state index is 12.8. The molecule has 1 saturated heterocycles. The van der Waals surface area contributed by atoms with Crippen LogP contribution in [-0.4, -0.2) is 43.7 Å². The van der Waals surface area contributed by atoms with E-state index in [0.29, 0.717) is 13.0 Å². The van der Waals surface area contributed by atoms with E-state index in [1.54, 1.807) is 0 Å². The van der Waals surface area contributed by atoms with Crippen molar-refractivity contribution < 1.29 is 9.53 Å². The summed E-state index contributed by atoms with van der Waals surface area (Å²) in [6.45, 7) is 5.96. The van der Waals surface area contributed by atoms with E-state index in [9.17, 15) is 4.79 Å². The van der Waals surface area contributed by atoms with Gasteiger partial charge in [0.1, 0.15) is 0 Å². The minimum absolute atomic E-state index is 0.0618. The number of nitrogens with one attached hydrogen (secondary N) is 1. The van der Waals surface area contributed by atoms with Crippen LogP contribution in [-0.2, 0) is 16.0 Å². The predicted octanol–water partition coefficient (Wildman–Crippen LogP) is 3.88. The number of amides is 1. The number of ether oxygens (including phenoxy) is 1. The average molecular weight is 389 g/mol. The minimum atomic E-state index is 0.0618. The highest BCUT2D eigenvalue weighted by Crippen LogP contribution is 2.22. The Labute approximate surface area is 172 Å². The maximum absolute atomic E-state index is 12.8. The van der Waals surface area contributed by atoms with E-state index in [1.165, 1.54) is 16.5 Å². The van der Waals surface area contributed by atoms with Gasteiger partial charge in [0.15, 0.2) is 0 Å².